The van der Waals surface area contributed by atoms with Crippen LogP contribution in [0.2, 0.25) is 5.02 Å². The Balaban J connectivity index is 1.63. The van der Waals surface area contributed by atoms with Crippen molar-refractivity contribution in [3.05, 3.63) is 63.6 Å². The highest BCUT2D eigenvalue weighted by Crippen LogP contribution is 2.15. The van der Waals surface area contributed by atoms with E-state index >= 15 is 0 Å². The molecule has 0 saturated carbocycles. The molecular formula is C17H15BrClNO4. The van der Waals surface area contributed by atoms with Gasteiger partial charge < -0.3 is 14.8 Å². The van der Waals surface area contributed by atoms with E-state index in [0.717, 1.165) is 4.47 Å². The van der Waals surface area contributed by atoms with Crippen LogP contribution in [0.25, 0.3) is 0 Å². The first kappa shape index (κ1) is 18.3. The summed E-state index contributed by atoms with van der Waals surface area (Å²) in [7, 11) is 0. The molecule has 0 fully saturated rings. The van der Waals surface area contributed by atoms with Gasteiger partial charge in [-0.15, -0.1) is 0 Å². The number of hydrogen-bond donors (Lipinski definition) is 1. The van der Waals surface area contributed by atoms with Crippen molar-refractivity contribution in [3.63, 3.8) is 0 Å². The molecule has 0 aliphatic heterocycles. The smallest absolute Gasteiger partial charge is 0.338 e. The molecule has 7 heteroatoms. The Morgan fingerprint density at radius 1 is 1.04 bits per heavy atom. The molecule has 0 radical (unpaired) electrons. The SMILES string of the molecule is O=C(COC(=O)c1ccc(Br)cc1)NCCOc1ccc(Cl)cc1. The molecule has 0 bridgehead atoms. The molecule has 1 amide bonds. The van der Waals surface area contributed by atoms with Crippen LogP contribution < -0.4 is 10.1 Å². The van der Waals surface area contributed by atoms with Gasteiger partial charge in [0.2, 0.25) is 0 Å². The first-order valence-corrected chi connectivity index (χ1v) is 8.29. The fourth-order valence-corrected chi connectivity index (χ4v) is 2.13. The van der Waals surface area contributed by atoms with Crippen LogP contribution in [0.5, 0.6) is 5.75 Å². The molecule has 0 aromatic heterocycles. The monoisotopic (exact) mass is 411 g/mol. The molecule has 5 nitrogen and oxygen atoms in total. The fourth-order valence-electron chi connectivity index (χ4n) is 1.74. The molecule has 2 aromatic carbocycles. The lowest BCUT2D eigenvalue weighted by atomic mass is 10.2. The lowest BCUT2D eigenvalue weighted by Crippen LogP contribution is -2.32. The summed E-state index contributed by atoms with van der Waals surface area (Å²) >= 11 is 9.05. The Hall–Kier alpha value is -2.05. The number of esters is 1. The van der Waals surface area contributed by atoms with E-state index in [1.54, 1.807) is 48.5 Å². The van der Waals surface area contributed by atoms with Gasteiger partial charge in [0.15, 0.2) is 6.61 Å². The molecule has 0 saturated heterocycles. The minimum absolute atomic E-state index is 0.300. The van der Waals surface area contributed by atoms with Gasteiger partial charge in [0.05, 0.1) is 12.1 Å². The molecule has 2 aromatic rings. The Morgan fingerprint density at radius 3 is 2.38 bits per heavy atom. The van der Waals surface area contributed by atoms with Crippen molar-refractivity contribution in [3.8, 4) is 5.75 Å². The summed E-state index contributed by atoms with van der Waals surface area (Å²) in [6.07, 6.45) is 0. The molecule has 0 aliphatic carbocycles. The van der Waals surface area contributed by atoms with E-state index in [-0.39, 0.29) is 12.5 Å². The predicted molar refractivity (Wildman–Crippen MR) is 94.4 cm³/mol. The number of benzene rings is 2. The standard InChI is InChI=1S/C17H15BrClNO4/c18-13-3-1-12(2-4-13)17(22)24-11-16(21)20-9-10-23-15-7-5-14(19)6-8-15/h1-8H,9-11H2,(H,20,21). The summed E-state index contributed by atoms with van der Waals surface area (Å²) in [6.45, 7) is 0.265. The maximum atomic E-state index is 11.7. The molecule has 0 aliphatic rings. The summed E-state index contributed by atoms with van der Waals surface area (Å²) in [5, 5.41) is 3.23. The molecule has 0 atom stereocenters. The second kappa shape index (κ2) is 9.30. The van der Waals surface area contributed by atoms with Crippen molar-refractivity contribution in [2.75, 3.05) is 19.8 Å². The number of halogens is 2. The normalized spacial score (nSPS) is 10.1. The summed E-state index contributed by atoms with van der Waals surface area (Å²) in [5.41, 5.74) is 0.386. The Morgan fingerprint density at radius 2 is 1.71 bits per heavy atom. The van der Waals surface area contributed by atoms with Crippen LogP contribution >= 0.6 is 27.5 Å². The van der Waals surface area contributed by atoms with Crippen molar-refractivity contribution in [2.24, 2.45) is 0 Å². The van der Waals surface area contributed by atoms with Gasteiger partial charge in [0, 0.05) is 9.50 Å². The summed E-state index contributed by atoms with van der Waals surface area (Å²) < 4.78 is 11.2. The third-order valence-electron chi connectivity index (χ3n) is 2.92. The van der Waals surface area contributed by atoms with Crippen molar-refractivity contribution >= 4 is 39.4 Å². The number of ether oxygens (including phenoxy) is 2. The maximum Gasteiger partial charge on any atom is 0.338 e. The minimum Gasteiger partial charge on any atom is -0.492 e. The fraction of sp³-hybridized carbons (Fsp3) is 0.176. The Labute approximate surface area is 153 Å². The van der Waals surface area contributed by atoms with Gasteiger partial charge in [0.1, 0.15) is 12.4 Å². The molecule has 1 N–H and O–H groups in total. The average molecular weight is 413 g/mol. The Kier molecular flexibility index (Phi) is 7.08. The van der Waals surface area contributed by atoms with Crippen LogP contribution in [-0.2, 0) is 9.53 Å². The highest BCUT2D eigenvalue weighted by molar-refractivity contribution is 9.10. The van der Waals surface area contributed by atoms with E-state index in [2.05, 4.69) is 21.2 Å². The van der Waals surface area contributed by atoms with Crippen LogP contribution in [0.3, 0.4) is 0 Å². The van der Waals surface area contributed by atoms with Crippen LogP contribution in [0.1, 0.15) is 10.4 Å². The van der Waals surface area contributed by atoms with Gasteiger partial charge in [-0.05, 0) is 48.5 Å². The summed E-state index contributed by atoms with van der Waals surface area (Å²) in [6, 6.07) is 13.6. The van der Waals surface area contributed by atoms with Crippen molar-refractivity contribution < 1.29 is 19.1 Å². The highest BCUT2D eigenvalue weighted by atomic mass is 79.9. The molecule has 2 rings (SSSR count). The van der Waals surface area contributed by atoms with E-state index in [1.165, 1.54) is 0 Å². The van der Waals surface area contributed by atoms with Crippen LogP contribution in [0.15, 0.2) is 53.0 Å². The Bertz CT molecular complexity index is 689. The maximum absolute atomic E-state index is 11.7. The van der Waals surface area contributed by atoms with Crippen molar-refractivity contribution in [2.45, 2.75) is 0 Å². The van der Waals surface area contributed by atoms with Crippen LogP contribution in [-0.4, -0.2) is 31.6 Å². The van der Waals surface area contributed by atoms with Crippen molar-refractivity contribution in [1.29, 1.82) is 0 Å². The second-order valence-electron chi connectivity index (χ2n) is 4.74. The van der Waals surface area contributed by atoms with Crippen molar-refractivity contribution in [1.82, 2.24) is 5.32 Å². The molecule has 0 spiro atoms. The van der Waals surface area contributed by atoms with E-state index in [4.69, 9.17) is 21.1 Å². The number of carbonyl (C=O) groups is 2. The zero-order valence-electron chi connectivity index (χ0n) is 12.6. The van der Waals surface area contributed by atoms with E-state index in [0.29, 0.717) is 29.5 Å². The first-order valence-electron chi connectivity index (χ1n) is 7.12. The van der Waals surface area contributed by atoms with Crippen LogP contribution in [0.4, 0.5) is 0 Å². The molecule has 126 valence electrons. The lowest BCUT2D eigenvalue weighted by Gasteiger charge is -2.08. The molecule has 0 unspecified atom stereocenters. The van der Waals surface area contributed by atoms with Gasteiger partial charge >= 0.3 is 5.97 Å². The number of nitrogens with one attached hydrogen (secondary N) is 1. The molecule has 24 heavy (non-hydrogen) atoms. The van der Waals surface area contributed by atoms with Gasteiger partial charge in [-0.2, -0.15) is 0 Å². The average Bonchev–Trinajstić information content (AvgIpc) is 2.59. The highest BCUT2D eigenvalue weighted by Gasteiger charge is 2.09. The van der Waals surface area contributed by atoms with E-state index in [9.17, 15) is 9.59 Å². The van der Waals surface area contributed by atoms with Crippen LogP contribution in [0, 0.1) is 0 Å². The minimum atomic E-state index is -0.546. The topological polar surface area (TPSA) is 64.6 Å². The first-order chi connectivity index (χ1) is 11.5. The summed E-state index contributed by atoms with van der Waals surface area (Å²) in [4.78, 5) is 23.4. The van der Waals surface area contributed by atoms with Gasteiger partial charge in [0.25, 0.3) is 5.91 Å². The number of amides is 1. The number of carbonyl (C=O) groups excluding carboxylic acids is 2. The number of hydrogen-bond acceptors (Lipinski definition) is 4. The summed E-state index contributed by atoms with van der Waals surface area (Å²) in [5.74, 6) is -0.273. The second-order valence-corrected chi connectivity index (χ2v) is 6.09. The zero-order chi connectivity index (χ0) is 17.4. The molecule has 0 heterocycles. The predicted octanol–water partition coefficient (Wildman–Crippen LogP) is 3.45. The number of rotatable bonds is 7. The quantitative estimate of drug-likeness (QED) is 0.559. The largest absolute Gasteiger partial charge is 0.492 e. The zero-order valence-corrected chi connectivity index (χ0v) is 15.0. The third-order valence-corrected chi connectivity index (χ3v) is 3.70. The van der Waals surface area contributed by atoms with Gasteiger partial charge in [-0.1, -0.05) is 27.5 Å². The lowest BCUT2D eigenvalue weighted by molar-refractivity contribution is -0.124. The van der Waals surface area contributed by atoms with E-state index < -0.39 is 5.97 Å². The van der Waals surface area contributed by atoms with Gasteiger partial charge in [-0.25, -0.2) is 4.79 Å². The van der Waals surface area contributed by atoms with Gasteiger partial charge in [-0.3, -0.25) is 4.79 Å². The molecular weight excluding hydrogens is 398 g/mol. The third kappa shape index (κ3) is 6.22. The van der Waals surface area contributed by atoms with E-state index in [1.807, 2.05) is 0 Å².